The van der Waals surface area contributed by atoms with E-state index in [0.29, 0.717) is 10.7 Å². The van der Waals surface area contributed by atoms with Crippen molar-refractivity contribution in [2.24, 2.45) is 0 Å². The second-order valence-electron chi connectivity index (χ2n) is 4.77. The first-order valence-electron chi connectivity index (χ1n) is 6.63. The van der Waals surface area contributed by atoms with E-state index < -0.39 is 0 Å². The van der Waals surface area contributed by atoms with Crippen molar-refractivity contribution in [2.45, 2.75) is 25.7 Å². The summed E-state index contributed by atoms with van der Waals surface area (Å²) in [4.78, 5) is 6.71. The number of nitrogens with two attached hydrogens (primary N) is 1. The van der Waals surface area contributed by atoms with Crippen LogP contribution in [-0.4, -0.2) is 36.1 Å². The predicted octanol–water partition coefficient (Wildman–Crippen LogP) is 2.61. The monoisotopic (exact) mass is 268 g/mol. The Morgan fingerprint density at radius 3 is 2.83 bits per heavy atom. The minimum Gasteiger partial charge on any atom is -0.396 e. The molecule has 0 spiro atoms. The highest BCUT2D eigenvalue weighted by molar-refractivity contribution is 6.30. The second kappa shape index (κ2) is 6.81. The summed E-state index contributed by atoms with van der Waals surface area (Å²) in [6, 6.07) is 1.72. The Morgan fingerprint density at radius 2 is 2.11 bits per heavy atom. The molecule has 1 fully saturated rings. The normalized spacial score (nSPS) is 16.1. The fourth-order valence-corrected chi connectivity index (χ4v) is 2.44. The molecule has 0 atom stereocenters. The molecule has 5 heteroatoms. The van der Waals surface area contributed by atoms with Gasteiger partial charge in [-0.1, -0.05) is 11.6 Å². The summed E-state index contributed by atoms with van der Waals surface area (Å²) in [5.41, 5.74) is 6.43. The average Bonchev–Trinajstić information content (AvgIpc) is 2.84. The van der Waals surface area contributed by atoms with Crippen LogP contribution in [0.5, 0.6) is 0 Å². The third-order valence-electron chi connectivity index (χ3n) is 3.28. The Balaban J connectivity index is 1.62. The zero-order valence-corrected chi connectivity index (χ0v) is 11.4. The number of nitrogens with zero attached hydrogens (tertiary/aromatic N) is 2. The molecule has 0 amide bonds. The van der Waals surface area contributed by atoms with Gasteiger partial charge >= 0.3 is 0 Å². The van der Waals surface area contributed by atoms with E-state index >= 15 is 0 Å². The van der Waals surface area contributed by atoms with Gasteiger partial charge in [-0.25, -0.2) is 4.98 Å². The van der Waals surface area contributed by atoms with Crippen molar-refractivity contribution in [3.63, 3.8) is 0 Å². The van der Waals surface area contributed by atoms with Crippen molar-refractivity contribution in [1.29, 1.82) is 0 Å². The molecule has 0 aromatic carbocycles. The number of rotatable bonds is 6. The molecular weight excluding hydrogens is 248 g/mol. The predicted molar refractivity (Wildman–Crippen MR) is 77.1 cm³/mol. The van der Waals surface area contributed by atoms with E-state index in [1.54, 1.807) is 12.3 Å². The van der Waals surface area contributed by atoms with Crippen LogP contribution in [0.25, 0.3) is 0 Å². The molecule has 4 nitrogen and oxygen atoms in total. The van der Waals surface area contributed by atoms with Crippen LogP contribution in [-0.2, 0) is 0 Å². The zero-order valence-electron chi connectivity index (χ0n) is 10.7. The number of unbranched alkanes of at least 4 members (excludes halogenated alkanes) is 1. The minimum atomic E-state index is 0.576. The molecule has 1 aromatic rings. The highest BCUT2D eigenvalue weighted by Crippen LogP contribution is 2.19. The molecule has 100 valence electrons. The van der Waals surface area contributed by atoms with Crippen LogP contribution in [0.3, 0.4) is 0 Å². The number of hydrogen-bond donors (Lipinski definition) is 2. The summed E-state index contributed by atoms with van der Waals surface area (Å²) in [5.74, 6) is 0.737. The number of likely N-dealkylation sites (tertiary alicyclic amines) is 1. The van der Waals surface area contributed by atoms with Crippen molar-refractivity contribution in [3.05, 3.63) is 17.3 Å². The molecule has 0 aliphatic carbocycles. The summed E-state index contributed by atoms with van der Waals surface area (Å²) in [6.45, 7) is 4.68. The van der Waals surface area contributed by atoms with Crippen molar-refractivity contribution in [3.8, 4) is 0 Å². The Labute approximate surface area is 114 Å². The van der Waals surface area contributed by atoms with Crippen LogP contribution >= 0.6 is 11.6 Å². The van der Waals surface area contributed by atoms with E-state index in [1.165, 1.54) is 38.9 Å². The molecular formula is C13H21ClN4. The summed E-state index contributed by atoms with van der Waals surface area (Å²) in [7, 11) is 0. The van der Waals surface area contributed by atoms with Gasteiger partial charge < -0.3 is 16.0 Å². The van der Waals surface area contributed by atoms with Gasteiger partial charge in [-0.15, -0.1) is 0 Å². The third-order valence-corrected chi connectivity index (χ3v) is 3.48. The van der Waals surface area contributed by atoms with E-state index in [2.05, 4.69) is 15.2 Å². The smallest absolute Gasteiger partial charge is 0.149 e. The van der Waals surface area contributed by atoms with Gasteiger partial charge in [0, 0.05) is 12.7 Å². The average molecular weight is 269 g/mol. The number of nitrogens with one attached hydrogen (secondary N) is 1. The van der Waals surface area contributed by atoms with Crippen LogP contribution in [0.1, 0.15) is 25.7 Å². The maximum Gasteiger partial charge on any atom is 0.149 e. The molecule has 1 aromatic heterocycles. The first-order valence-corrected chi connectivity index (χ1v) is 7.01. The maximum absolute atomic E-state index is 5.82. The Bertz CT molecular complexity index is 377. The lowest BCUT2D eigenvalue weighted by molar-refractivity contribution is 0.331. The van der Waals surface area contributed by atoms with Gasteiger partial charge in [0.25, 0.3) is 0 Å². The molecule has 18 heavy (non-hydrogen) atoms. The van der Waals surface area contributed by atoms with Crippen LogP contribution in [0.15, 0.2) is 12.3 Å². The number of pyridine rings is 1. The SMILES string of the molecule is Nc1cc(Cl)cnc1NCCCCN1CCCC1. The molecule has 2 rings (SSSR count). The van der Waals surface area contributed by atoms with Crippen LogP contribution in [0.2, 0.25) is 5.02 Å². The standard InChI is InChI=1S/C13H21ClN4/c14-11-9-12(15)13(17-10-11)16-5-1-2-6-18-7-3-4-8-18/h9-10H,1-8,15H2,(H,16,17). The van der Waals surface area contributed by atoms with Gasteiger partial charge in [0.2, 0.25) is 0 Å². The molecule has 3 N–H and O–H groups in total. The number of hydrogen-bond acceptors (Lipinski definition) is 4. The van der Waals surface area contributed by atoms with Gasteiger partial charge in [0.15, 0.2) is 0 Å². The number of anilines is 2. The fraction of sp³-hybridized carbons (Fsp3) is 0.615. The lowest BCUT2D eigenvalue weighted by atomic mass is 10.3. The molecule has 2 heterocycles. The Kier molecular flexibility index (Phi) is 5.08. The maximum atomic E-state index is 5.82. The zero-order chi connectivity index (χ0) is 12.8. The molecule has 0 bridgehead atoms. The lowest BCUT2D eigenvalue weighted by Crippen LogP contribution is -2.21. The first kappa shape index (κ1) is 13.4. The van der Waals surface area contributed by atoms with Crippen molar-refractivity contribution in [2.75, 3.05) is 37.2 Å². The molecule has 1 aliphatic heterocycles. The highest BCUT2D eigenvalue weighted by Gasteiger charge is 2.10. The minimum absolute atomic E-state index is 0.576. The second-order valence-corrected chi connectivity index (χ2v) is 5.21. The van der Waals surface area contributed by atoms with Crippen molar-refractivity contribution in [1.82, 2.24) is 9.88 Å². The van der Waals surface area contributed by atoms with Crippen LogP contribution in [0.4, 0.5) is 11.5 Å². The summed E-state index contributed by atoms with van der Waals surface area (Å²) >= 11 is 5.80. The van der Waals surface area contributed by atoms with Gasteiger partial charge in [-0.3, -0.25) is 0 Å². The van der Waals surface area contributed by atoms with E-state index in [4.69, 9.17) is 17.3 Å². The van der Waals surface area contributed by atoms with E-state index in [-0.39, 0.29) is 0 Å². The summed E-state index contributed by atoms with van der Waals surface area (Å²) in [6.07, 6.45) is 6.71. The Hall–Kier alpha value is -1.00. The van der Waals surface area contributed by atoms with E-state index in [0.717, 1.165) is 18.8 Å². The van der Waals surface area contributed by atoms with Gasteiger partial charge in [0.1, 0.15) is 5.82 Å². The number of aromatic nitrogens is 1. The van der Waals surface area contributed by atoms with E-state index in [1.807, 2.05) is 0 Å². The largest absolute Gasteiger partial charge is 0.396 e. The molecule has 0 saturated carbocycles. The van der Waals surface area contributed by atoms with Crippen molar-refractivity contribution < 1.29 is 0 Å². The van der Waals surface area contributed by atoms with E-state index in [9.17, 15) is 0 Å². The topological polar surface area (TPSA) is 54.2 Å². The highest BCUT2D eigenvalue weighted by atomic mass is 35.5. The lowest BCUT2D eigenvalue weighted by Gasteiger charge is -2.14. The van der Waals surface area contributed by atoms with Crippen LogP contribution < -0.4 is 11.1 Å². The van der Waals surface area contributed by atoms with Gasteiger partial charge in [-0.05, 0) is 51.4 Å². The van der Waals surface area contributed by atoms with Gasteiger partial charge in [-0.2, -0.15) is 0 Å². The number of nitrogen functional groups attached to an aromatic ring is 1. The van der Waals surface area contributed by atoms with Gasteiger partial charge in [0.05, 0.1) is 10.7 Å². The Morgan fingerprint density at radius 1 is 1.33 bits per heavy atom. The van der Waals surface area contributed by atoms with Crippen LogP contribution in [0, 0.1) is 0 Å². The molecule has 0 radical (unpaired) electrons. The molecule has 1 saturated heterocycles. The quantitative estimate of drug-likeness (QED) is 0.779. The van der Waals surface area contributed by atoms with Crippen molar-refractivity contribution >= 4 is 23.1 Å². The number of halogens is 1. The fourth-order valence-electron chi connectivity index (χ4n) is 2.28. The molecule has 1 aliphatic rings. The summed E-state index contributed by atoms with van der Waals surface area (Å²) < 4.78 is 0. The third kappa shape index (κ3) is 4.03. The summed E-state index contributed by atoms with van der Waals surface area (Å²) in [5, 5.41) is 3.83. The first-order chi connectivity index (χ1) is 8.75. The molecule has 0 unspecified atom stereocenters.